The fraction of sp³-hybridized carbons (Fsp3) is 0.923. The summed E-state index contributed by atoms with van der Waals surface area (Å²) in [6.07, 6.45) is 9.38. The summed E-state index contributed by atoms with van der Waals surface area (Å²) < 4.78 is 17.4. The highest BCUT2D eigenvalue weighted by Crippen LogP contribution is 2.64. The number of hydrogen-bond donors (Lipinski definition) is 0. The van der Waals surface area contributed by atoms with E-state index < -0.39 is 0 Å². The van der Waals surface area contributed by atoms with Crippen LogP contribution < -0.4 is 0 Å². The Kier molecular flexibility index (Phi) is 5.43. The van der Waals surface area contributed by atoms with E-state index in [1.165, 1.54) is 32.1 Å². The first-order valence-electron chi connectivity index (χ1n) is 12.6. The molecule has 6 aliphatic carbocycles. The minimum Gasteiger partial charge on any atom is -0.462 e. The van der Waals surface area contributed by atoms with Gasteiger partial charge in [-0.2, -0.15) is 0 Å². The molecule has 0 aromatic carbocycles. The summed E-state index contributed by atoms with van der Waals surface area (Å²) in [5.74, 6) is 2.73. The van der Waals surface area contributed by atoms with Crippen molar-refractivity contribution in [3.63, 3.8) is 0 Å². The molecule has 0 radical (unpaired) electrons. The van der Waals surface area contributed by atoms with Gasteiger partial charge in [-0.1, -0.05) is 27.7 Å². The van der Waals surface area contributed by atoms with Gasteiger partial charge in [-0.25, -0.2) is 0 Å². The lowest BCUT2D eigenvalue weighted by Gasteiger charge is -2.38. The molecule has 0 N–H and O–H groups in total. The van der Waals surface area contributed by atoms with E-state index in [1.807, 2.05) is 6.92 Å². The maximum Gasteiger partial charge on any atom is 0.311 e. The summed E-state index contributed by atoms with van der Waals surface area (Å²) in [6.45, 7) is 8.91. The lowest BCUT2D eigenvalue weighted by molar-refractivity contribution is -0.173. The van der Waals surface area contributed by atoms with Crippen LogP contribution in [0.4, 0.5) is 0 Å². The standard InChI is InChI=1S/C26H40O5/c1-15(25(2,3)4)23(27)31-22-9-16-7-20(22)21(8-16)24(28)30-14-29-13-26-10-17-5-18(11-26)19(6-17)12-26/h15-22H,5-14H2,1-4H3. The molecule has 0 spiro atoms. The van der Waals surface area contributed by atoms with Gasteiger partial charge in [0, 0.05) is 5.92 Å². The third-order valence-corrected chi connectivity index (χ3v) is 9.72. The molecule has 7 unspecified atom stereocenters. The summed E-state index contributed by atoms with van der Waals surface area (Å²) in [4.78, 5) is 25.4. The zero-order valence-corrected chi connectivity index (χ0v) is 19.7. The van der Waals surface area contributed by atoms with Crippen LogP contribution >= 0.6 is 0 Å². The van der Waals surface area contributed by atoms with Crippen LogP contribution in [-0.2, 0) is 23.8 Å². The van der Waals surface area contributed by atoms with Gasteiger partial charge < -0.3 is 14.2 Å². The van der Waals surface area contributed by atoms with E-state index in [9.17, 15) is 9.59 Å². The second kappa shape index (κ2) is 7.74. The number of esters is 2. The molecule has 0 heterocycles. The van der Waals surface area contributed by atoms with Crippen LogP contribution in [0.2, 0.25) is 0 Å². The molecule has 7 atom stereocenters. The lowest BCUT2D eigenvalue weighted by atomic mass is 9.70. The molecule has 0 aliphatic heterocycles. The van der Waals surface area contributed by atoms with Crippen LogP contribution in [0.5, 0.6) is 0 Å². The predicted octanol–water partition coefficient (Wildman–Crippen LogP) is 4.97. The van der Waals surface area contributed by atoms with Crippen molar-refractivity contribution < 1.29 is 23.8 Å². The highest BCUT2D eigenvalue weighted by atomic mass is 16.7. The van der Waals surface area contributed by atoms with E-state index in [4.69, 9.17) is 14.2 Å². The minimum absolute atomic E-state index is 0.0694. The smallest absolute Gasteiger partial charge is 0.311 e. The second-order valence-electron chi connectivity index (χ2n) is 12.8. The fourth-order valence-electron chi connectivity index (χ4n) is 7.92. The summed E-state index contributed by atoms with van der Waals surface area (Å²) in [6, 6.07) is 0. The summed E-state index contributed by atoms with van der Waals surface area (Å²) in [5, 5.41) is 0. The van der Waals surface area contributed by atoms with E-state index in [0.29, 0.717) is 11.3 Å². The van der Waals surface area contributed by atoms with Crippen LogP contribution in [0.1, 0.15) is 79.1 Å². The van der Waals surface area contributed by atoms with Crippen LogP contribution in [0.3, 0.4) is 0 Å². The minimum atomic E-state index is -0.162. The number of rotatable bonds is 7. The molecule has 0 aromatic heterocycles. The maximum atomic E-state index is 12.8. The van der Waals surface area contributed by atoms with Gasteiger partial charge in [-0.15, -0.1) is 0 Å². The first-order valence-corrected chi connectivity index (χ1v) is 12.6. The van der Waals surface area contributed by atoms with Gasteiger partial charge in [-0.05, 0) is 85.9 Å². The number of hydrogen-bond acceptors (Lipinski definition) is 5. The number of carbonyl (C=O) groups excluding carboxylic acids is 2. The van der Waals surface area contributed by atoms with Crippen molar-refractivity contribution in [1.82, 2.24) is 0 Å². The number of fused-ring (bicyclic) bond motifs is 2. The van der Waals surface area contributed by atoms with Gasteiger partial charge in [0.05, 0.1) is 18.4 Å². The molecule has 6 fully saturated rings. The second-order valence-corrected chi connectivity index (χ2v) is 12.8. The zero-order chi connectivity index (χ0) is 22.0. The van der Waals surface area contributed by atoms with Crippen molar-refractivity contribution in [3.8, 4) is 0 Å². The number of carbonyl (C=O) groups is 2. The van der Waals surface area contributed by atoms with E-state index in [0.717, 1.165) is 43.6 Å². The van der Waals surface area contributed by atoms with Crippen LogP contribution in [0.25, 0.3) is 0 Å². The summed E-state index contributed by atoms with van der Waals surface area (Å²) >= 11 is 0. The van der Waals surface area contributed by atoms with E-state index in [-0.39, 0.29) is 48.0 Å². The Balaban J connectivity index is 1.08. The Morgan fingerprint density at radius 2 is 1.68 bits per heavy atom. The Bertz CT molecular complexity index is 704. The molecule has 31 heavy (non-hydrogen) atoms. The maximum absolute atomic E-state index is 12.8. The van der Waals surface area contributed by atoms with E-state index >= 15 is 0 Å². The number of ether oxygens (including phenoxy) is 3. The molecule has 5 heteroatoms. The molecule has 6 bridgehead atoms. The first-order chi connectivity index (χ1) is 14.6. The third-order valence-electron chi connectivity index (χ3n) is 9.72. The van der Waals surface area contributed by atoms with Crippen molar-refractivity contribution in [3.05, 3.63) is 0 Å². The molecular formula is C26H40O5. The predicted molar refractivity (Wildman–Crippen MR) is 116 cm³/mol. The van der Waals surface area contributed by atoms with Gasteiger partial charge in [0.15, 0.2) is 6.79 Å². The molecule has 0 saturated heterocycles. The Hall–Kier alpha value is -1.10. The van der Waals surface area contributed by atoms with Gasteiger partial charge >= 0.3 is 11.9 Å². The van der Waals surface area contributed by atoms with Crippen molar-refractivity contribution in [2.24, 2.45) is 52.3 Å². The quantitative estimate of drug-likeness (QED) is 0.323. The molecule has 5 nitrogen and oxygen atoms in total. The third kappa shape index (κ3) is 4.05. The molecule has 174 valence electrons. The average Bonchev–Trinajstić information content (AvgIpc) is 3.41. The topological polar surface area (TPSA) is 61.8 Å². The SMILES string of the molecule is CC(C(=O)OC1CC2CC(C(=O)OCOCC34CC5CC(C3)C(C5)C4)C1C2)C(C)(C)C. The molecule has 0 amide bonds. The summed E-state index contributed by atoms with van der Waals surface area (Å²) in [5.41, 5.74) is 0.237. The van der Waals surface area contributed by atoms with Crippen molar-refractivity contribution in [2.45, 2.75) is 85.2 Å². The lowest BCUT2D eigenvalue weighted by Crippen LogP contribution is -2.37. The van der Waals surface area contributed by atoms with Crippen molar-refractivity contribution in [2.75, 3.05) is 13.4 Å². The van der Waals surface area contributed by atoms with Gasteiger partial charge in [0.25, 0.3) is 0 Å². The first kappa shape index (κ1) is 21.7. The van der Waals surface area contributed by atoms with Gasteiger partial charge in [0.1, 0.15) is 6.10 Å². The molecule has 0 aromatic rings. The monoisotopic (exact) mass is 432 g/mol. The Morgan fingerprint density at radius 1 is 0.968 bits per heavy atom. The highest BCUT2D eigenvalue weighted by Gasteiger charge is 2.56. The van der Waals surface area contributed by atoms with E-state index in [1.54, 1.807) is 0 Å². The van der Waals surface area contributed by atoms with Gasteiger partial charge in [0.2, 0.25) is 0 Å². The largest absolute Gasteiger partial charge is 0.462 e. The molecule has 6 aliphatic rings. The fourth-order valence-corrected chi connectivity index (χ4v) is 7.92. The van der Waals surface area contributed by atoms with Crippen LogP contribution in [0, 0.1) is 52.3 Å². The Morgan fingerprint density at radius 3 is 2.29 bits per heavy atom. The van der Waals surface area contributed by atoms with Gasteiger partial charge in [-0.3, -0.25) is 9.59 Å². The molecule has 6 rings (SSSR count). The zero-order valence-electron chi connectivity index (χ0n) is 19.7. The van der Waals surface area contributed by atoms with Crippen LogP contribution in [-0.4, -0.2) is 31.4 Å². The Labute approximate surface area is 186 Å². The molecular weight excluding hydrogens is 392 g/mol. The van der Waals surface area contributed by atoms with Crippen molar-refractivity contribution >= 4 is 11.9 Å². The highest BCUT2D eigenvalue weighted by molar-refractivity contribution is 5.75. The van der Waals surface area contributed by atoms with Crippen molar-refractivity contribution in [1.29, 1.82) is 0 Å². The average molecular weight is 433 g/mol. The molecule has 6 saturated carbocycles. The van der Waals surface area contributed by atoms with E-state index in [2.05, 4.69) is 20.8 Å². The van der Waals surface area contributed by atoms with Crippen LogP contribution in [0.15, 0.2) is 0 Å². The summed E-state index contributed by atoms with van der Waals surface area (Å²) in [7, 11) is 0. The normalized spacial score (nSPS) is 43.4.